The van der Waals surface area contributed by atoms with E-state index in [0.717, 1.165) is 29.9 Å². The van der Waals surface area contributed by atoms with Gasteiger partial charge in [0.1, 0.15) is 11.9 Å². The average molecular weight is 493 g/mol. The third-order valence-electron chi connectivity index (χ3n) is 9.48. The minimum atomic E-state index is 0.138. The number of hydrogen-bond donors (Lipinski definition) is 0. The van der Waals surface area contributed by atoms with Crippen LogP contribution in [-0.2, 0) is 0 Å². The molecule has 0 heterocycles. The number of ether oxygens (including phenoxy) is 1. The lowest BCUT2D eigenvalue weighted by Gasteiger charge is -2.34. The van der Waals surface area contributed by atoms with E-state index in [9.17, 15) is 0 Å². The maximum atomic E-state index is 6.50. The van der Waals surface area contributed by atoms with Crippen LogP contribution in [0, 0.1) is 23.7 Å². The van der Waals surface area contributed by atoms with Crippen molar-refractivity contribution in [3.8, 4) is 5.75 Å². The van der Waals surface area contributed by atoms with Gasteiger partial charge in [-0.2, -0.15) is 0 Å². The monoisotopic (exact) mass is 492 g/mol. The molecule has 3 rings (SSSR count). The maximum absolute atomic E-state index is 6.50. The lowest BCUT2D eigenvalue weighted by Crippen LogP contribution is -2.29. The van der Waals surface area contributed by atoms with Gasteiger partial charge in [0, 0.05) is 0 Å². The van der Waals surface area contributed by atoms with Crippen molar-refractivity contribution in [2.45, 2.75) is 135 Å². The van der Waals surface area contributed by atoms with Crippen LogP contribution < -0.4 is 4.74 Å². The smallest absolute Gasteiger partial charge is 0.120 e. The Kier molecular flexibility index (Phi) is 13.2. The Hall–Kier alpha value is -1.50. The summed E-state index contributed by atoms with van der Waals surface area (Å²) < 4.78 is 6.50. The molecule has 36 heavy (non-hydrogen) atoms. The van der Waals surface area contributed by atoms with Crippen molar-refractivity contribution < 1.29 is 4.74 Å². The second-order valence-corrected chi connectivity index (χ2v) is 12.1. The van der Waals surface area contributed by atoms with Crippen molar-refractivity contribution in [1.82, 2.24) is 0 Å². The fourth-order valence-electron chi connectivity index (χ4n) is 7.12. The van der Waals surface area contributed by atoms with E-state index in [1.165, 1.54) is 108 Å². The van der Waals surface area contributed by atoms with Crippen molar-refractivity contribution in [1.29, 1.82) is 0 Å². The van der Waals surface area contributed by atoms with Gasteiger partial charge in [-0.1, -0.05) is 122 Å². The van der Waals surface area contributed by atoms with Crippen molar-refractivity contribution in [3.05, 3.63) is 55.1 Å². The van der Waals surface area contributed by atoms with E-state index in [-0.39, 0.29) is 6.10 Å². The van der Waals surface area contributed by atoms with E-state index in [1.54, 1.807) is 0 Å². The molecule has 2 fully saturated rings. The van der Waals surface area contributed by atoms with Crippen LogP contribution in [0.25, 0.3) is 0 Å². The number of unbranched alkanes of at least 4 members (excludes halogenated alkanes) is 4. The Morgan fingerprint density at radius 1 is 0.750 bits per heavy atom. The Labute approximate surface area is 224 Å². The SMILES string of the molecule is C=CCC(c1ccc(OC(C=C)[C@H]2CC[C@H](CCCCC)CC2)cc1)[C@H]1CC[C@H](CCCCC)CC1. The zero-order chi connectivity index (χ0) is 25.6. The third kappa shape index (κ3) is 9.11. The van der Waals surface area contributed by atoms with Crippen LogP contribution in [0.1, 0.15) is 134 Å². The van der Waals surface area contributed by atoms with Crippen LogP contribution in [-0.4, -0.2) is 6.10 Å². The maximum Gasteiger partial charge on any atom is 0.120 e. The largest absolute Gasteiger partial charge is 0.486 e. The third-order valence-corrected chi connectivity index (χ3v) is 9.48. The van der Waals surface area contributed by atoms with Gasteiger partial charge in [-0.05, 0) is 79.4 Å². The van der Waals surface area contributed by atoms with Crippen LogP contribution in [0.15, 0.2) is 49.6 Å². The second kappa shape index (κ2) is 16.4. The molecule has 1 heteroatoms. The first-order chi connectivity index (χ1) is 17.7. The highest BCUT2D eigenvalue weighted by Crippen LogP contribution is 2.42. The van der Waals surface area contributed by atoms with E-state index in [0.29, 0.717) is 11.8 Å². The molecule has 0 aromatic heterocycles. The van der Waals surface area contributed by atoms with Crippen molar-refractivity contribution >= 4 is 0 Å². The zero-order valence-corrected chi connectivity index (χ0v) is 23.8. The molecular weight excluding hydrogens is 436 g/mol. The summed E-state index contributed by atoms with van der Waals surface area (Å²) in [4.78, 5) is 0. The fraction of sp³-hybridized carbons (Fsp3) is 0.714. The van der Waals surface area contributed by atoms with Gasteiger partial charge in [0.25, 0.3) is 0 Å². The summed E-state index contributed by atoms with van der Waals surface area (Å²) in [6.07, 6.45) is 27.5. The number of rotatable bonds is 16. The zero-order valence-electron chi connectivity index (χ0n) is 23.8. The van der Waals surface area contributed by atoms with Crippen LogP contribution >= 0.6 is 0 Å². The van der Waals surface area contributed by atoms with Crippen LogP contribution in [0.3, 0.4) is 0 Å². The first kappa shape index (κ1) is 29.1. The Bertz CT molecular complexity index is 718. The fourth-order valence-corrected chi connectivity index (χ4v) is 7.12. The first-order valence-corrected chi connectivity index (χ1v) is 15.7. The van der Waals surface area contributed by atoms with Gasteiger partial charge in [0.2, 0.25) is 0 Å². The average Bonchev–Trinajstić information content (AvgIpc) is 2.92. The van der Waals surface area contributed by atoms with E-state index >= 15 is 0 Å². The number of allylic oxidation sites excluding steroid dienone is 1. The van der Waals surface area contributed by atoms with Crippen LogP contribution in [0.4, 0.5) is 0 Å². The lowest BCUT2D eigenvalue weighted by molar-refractivity contribution is 0.127. The van der Waals surface area contributed by atoms with Crippen molar-refractivity contribution in [2.24, 2.45) is 23.7 Å². The molecule has 2 saturated carbocycles. The van der Waals surface area contributed by atoms with Gasteiger partial charge >= 0.3 is 0 Å². The highest BCUT2D eigenvalue weighted by atomic mass is 16.5. The molecule has 0 bridgehead atoms. The van der Waals surface area contributed by atoms with Gasteiger partial charge in [-0.15, -0.1) is 6.58 Å². The molecule has 0 amide bonds. The van der Waals surface area contributed by atoms with E-state index < -0.39 is 0 Å². The van der Waals surface area contributed by atoms with Crippen molar-refractivity contribution in [3.63, 3.8) is 0 Å². The van der Waals surface area contributed by atoms with Crippen LogP contribution in [0.5, 0.6) is 5.75 Å². The molecule has 0 radical (unpaired) electrons. The predicted molar refractivity (Wildman–Crippen MR) is 158 cm³/mol. The molecule has 1 nitrogen and oxygen atoms in total. The van der Waals surface area contributed by atoms with Gasteiger partial charge in [0.15, 0.2) is 0 Å². The molecule has 0 N–H and O–H groups in total. The molecule has 0 saturated heterocycles. The molecule has 202 valence electrons. The first-order valence-electron chi connectivity index (χ1n) is 15.7. The van der Waals surface area contributed by atoms with Gasteiger partial charge < -0.3 is 4.74 Å². The molecule has 1 aromatic carbocycles. The second-order valence-electron chi connectivity index (χ2n) is 12.1. The van der Waals surface area contributed by atoms with E-state index in [2.05, 4.69) is 63.4 Å². The van der Waals surface area contributed by atoms with Gasteiger partial charge in [0.05, 0.1) is 0 Å². The summed E-state index contributed by atoms with van der Waals surface area (Å²) in [7, 11) is 0. The summed E-state index contributed by atoms with van der Waals surface area (Å²) in [6.45, 7) is 12.8. The molecular formula is C35H56O. The summed E-state index contributed by atoms with van der Waals surface area (Å²) in [5.74, 6) is 4.93. The van der Waals surface area contributed by atoms with E-state index in [1.807, 2.05) is 0 Å². The highest BCUT2D eigenvalue weighted by molar-refractivity contribution is 5.31. The Morgan fingerprint density at radius 2 is 1.28 bits per heavy atom. The quantitative estimate of drug-likeness (QED) is 0.165. The lowest BCUT2D eigenvalue weighted by atomic mass is 9.71. The highest BCUT2D eigenvalue weighted by Gasteiger charge is 2.29. The predicted octanol–water partition coefficient (Wildman–Crippen LogP) is 11.1. The Morgan fingerprint density at radius 3 is 1.75 bits per heavy atom. The molecule has 0 spiro atoms. The summed E-state index contributed by atoms with van der Waals surface area (Å²) in [6, 6.07) is 9.10. The molecule has 2 aliphatic rings. The van der Waals surface area contributed by atoms with Crippen LogP contribution in [0.2, 0.25) is 0 Å². The normalized spacial score (nSPS) is 26.2. The number of hydrogen-bond acceptors (Lipinski definition) is 1. The standard InChI is InChI=1S/C35H56O/c1-5-9-11-14-28-16-20-30(21-17-28)34(13-7-3)31-24-26-33(27-25-31)36-35(8-4)32-22-18-29(19-23-32)15-12-10-6-2/h7-8,24-30,32,34-35H,3-6,9-23H2,1-2H3/t28-,29-,30-,32-,34?,35?. The van der Waals surface area contributed by atoms with E-state index in [4.69, 9.17) is 4.74 Å². The topological polar surface area (TPSA) is 9.23 Å². The Balaban J connectivity index is 1.50. The summed E-state index contributed by atoms with van der Waals surface area (Å²) in [5, 5.41) is 0. The molecule has 0 aliphatic heterocycles. The minimum Gasteiger partial charge on any atom is -0.486 e. The molecule has 2 aliphatic carbocycles. The van der Waals surface area contributed by atoms with Gasteiger partial charge in [-0.25, -0.2) is 0 Å². The molecule has 2 atom stereocenters. The molecule has 1 aromatic rings. The van der Waals surface area contributed by atoms with Crippen molar-refractivity contribution in [2.75, 3.05) is 0 Å². The number of benzene rings is 1. The summed E-state index contributed by atoms with van der Waals surface area (Å²) >= 11 is 0. The molecule has 2 unspecified atom stereocenters. The summed E-state index contributed by atoms with van der Waals surface area (Å²) in [5.41, 5.74) is 1.47. The minimum absolute atomic E-state index is 0.138. The van der Waals surface area contributed by atoms with Gasteiger partial charge in [-0.3, -0.25) is 0 Å².